The monoisotopic (exact) mass is 351 g/mol. The highest BCUT2D eigenvalue weighted by atomic mass is 19.4. The van der Waals surface area contributed by atoms with Gasteiger partial charge in [-0.25, -0.2) is 4.79 Å². The number of carbonyl (C=O) groups excluding carboxylic acids is 1. The molecule has 10 heteroatoms. The molecule has 1 aromatic rings. The number of methoxy groups -OCH3 is 1. The number of alkyl halides is 3. The predicted molar refractivity (Wildman–Crippen MR) is 74.9 cm³/mol. The number of nitrogens with one attached hydrogen (secondary N) is 1. The zero-order valence-corrected chi connectivity index (χ0v) is 12.6. The maximum Gasteiger partial charge on any atom is 0.422 e. The largest absolute Gasteiger partial charge is 0.480 e. The van der Waals surface area contributed by atoms with Crippen molar-refractivity contribution in [1.29, 1.82) is 0 Å². The molecule has 0 radical (unpaired) electrons. The van der Waals surface area contributed by atoms with Gasteiger partial charge in [-0.3, -0.25) is 4.79 Å². The van der Waals surface area contributed by atoms with Gasteiger partial charge in [-0.1, -0.05) is 12.1 Å². The lowest BCUT2D eigenvalue weighted by atomic mass is 10.3. The van der Waals surface area contributed by atoms with Crippen LogP contribution in [0.15, 0.2) is 24.3 Å². The van der Waals surface area contributed by atoms with Gasteiger partial charge in [0.2, 0.25) is 0 Å². The number of para-hydroxylation sites is 2. The number of benzene rings is 1. The molecule has 0 aliphatic carbocycles. The minimum absolute atomic E-state index is 0.0431. The lowest BCUT2D eigenvalue weighted by molar-refractivity contribution is -0.153. The number of carboxylic acid groups (broad SMARTS) is 1. The van der Waals surface area contributed by atoms with E-state index in [1.807, 2.05) is 0 Å². The molecule has 1 aromatic carbocycles. The van der Waals surface area contributed by atoms with Gasteiger partial charge < -0.3 is 24.6 Å². The van der Waals surface area contributed by atoms with Crippen molar-refractivity contribution in [1.82, 2.24) is 5.32 Å². The molecule has 134 valence electrons. The molecule has 0 heterocycles. The van der Waals surface area contributed by atoms with Crippen LogP contribution in [0.3, 0.4) is 0 Å². The highest BCUT2D eigenvalue weighted by molar-refractivity contribution is 5.79. The number of ether oxygens (including phenoxy) is 3. The number of halogens is 3. The predicted octanol–water partition coefficient (Wildman–Crippen LogP) is 1.22. The lowest BCUT2D eigenvalue weighted by Crippen LogP contribution is -2.39. The molecule has 0 spiro atoms. The fraction of sp³-hybridized carbons (Fsp3) is 0.429. The van der Waals surface area contributed by atoms with E-state index in [9.17, 15) is 22.8 Å². The van der Waals surface area contributed by atoms with Crippen molar-refractivity contribution < 1.29 is 42.1 Å². The molecule has 0 fully saturated rings. The molecule has 0 aromatic heterocycles. The summed E-state index contributed by atoms with van der Waals surface area (Å²) in [5.74, 6) is -2.12. The van der Waals surface area contributed by atoms with Crippen molar-refractivity contribution in [3.8, 4) is 11.5 Å². The summed E-state index contributed by atoms with van der Waals surface area (Å²) in [6.07, 6.45) is -5.72. The van der Waals surface area contributed by atoms with E-state index in [1.54, 1.807) is 0 Å². The molecule has 2 N–H and O–H groups in total. The number of carboxylic acids is 1. The van der Waals surface area contributed by atoms with Gasteiger partial charge in [0.05, 0.1) is 6.54 Å². The summed E-state index contributed by atoms with van der Waals surface area (Å²) in [4.78, 5) is 22.3. The van der Waals surface area contributed by atoms with E-state index in [0.717, 1.165) is 0 Å². The SMILES string of the molecule is COC(CNC(=O)COc1ccccc1OCC(F)(F)F)C(=O)O. The quantitative estimate of drug-likeness (QED) is 0.695. The van der Waals surface area contributed by atoms with Gasteiger partial charge in [0.1, 0.15) is 0 Å². The van der Waals surface area contributed by atoms with Crippen LogP contribution >= 0.6 is 0 Å². The smallest absolute Gasteiger partial charge is 0.422 e. The fourth-order valence-electron chi connectivity index (χ4n) is 1.52. The molecule has 1 amide bonds. The average Bonchev–Trinajstić information content (AvgIpc) is 2.51. The van der Waals surface area contributed by atoms with Crippen molar-refractivity contribution >= 4 is 11.9 Å². The van der Waals surface area contributed by atoms with Gasteiger partial charge in [-0.2, -0.15) is 13.2 Å². The molecule has 1 rings (SSSR count). The summed E-state index contributed by atoms with van der Waals surface area (Å²) in [5, 5.41) is 11.0. The van der Waals surface area contributed by atoms with E-state index >= 15 is 0 Å². The zero-order valence-electron chi connectivity index (χ0n) is 12.6. The number of carbonyl (C=O) groups is 2. The number of amides is 1. The van der Waals surface area contributed by atoms with Gasteiger partial charge >= 0.3 is 12.1 Å². The normalized spacial score (nSPS) is 12.3. The van der Waals surface area contributed by atoms with E-state index in [0.29, 0.717) is 0 Å². The highest BCUT2D eigenvalue weighted by Gasteiger charge is 2.29. The first kappa shape index (κ1) is 19.6. The third-order valence-electron chi connectivity index (χ3n) is 2.64. The van der Waals surface area contributed by atoms with Gasteiger partial charge in [0.25, 0.3) is 5.91 Å². The standard InChI is InChI=1S/C14H16F3NO6/c1-22-11(13(20)21)6-18-12(19)7-23-9-4-2-3-5-10(9)24-8-14(15,16)17/h2-5,11H,6-8H2,1H3,(H,18,19)(H,20,21). The Morgan fingerprint density at radius 3 is 2.29 bits per heavy atom. The second-order valence-corrected chi connectivity index (χ2v) is 4.51. The Bertz CT molecular complexity index is 564. The highest BCUT2D eigenvalue weighted by Crippen LogP contribution is 2.28. The van der Waals surface area contributed by atoms with Crippen molar-refractivity contribution in [2.75, 3.05) is 26.9 Å². The first-order valence-electron chi connectivity index (χ1n) is 6.66. The van der Waals surface area contributed by atoms with Gasteiger partial charge in [-0.05, 0) is 12.1 Å². The average molecular weight is 351 g/mol. The number of hydrogen-bond donors (Lipinski definition) is 2. The summed E-state index contributed by atoms with van der Waals surface area (Å²) in [7, 11) is 1.18. The molecule has 24 heavy (non-hydrogen) atoms. The molecular formula is C14H16F3NO6. The molecular weight excluding hydrogens is 335 g/mol. The van der Waals surface area contributed by atoms with Crippen LogP contribution in [0, 0.1) is 0 Å². The van der Waals surface area contributed by atoms with E-state index in [2.05, 4.69) is 14.8 Å². The van der Waals surface area contributed by atoms with Crippen LogP contribution in [0.25, 0.3) is 0 Å². The maximum atomic E-state index is 12.2. The van der Waals surface area contributed by atoms with Crippen LogP contribution in [-0.4, -0.2) is 56.1 Å². The Kier molecular flexibility index (Phi) is 7.31. The summed E-state index contributed by atoms with van der Waals surface area (Å²) >= 11 is 0. The second kappa shape index (κ2) is 8.96. The Hall–Kier alpha value is -2.49. The van der Waals surface area contributed by atoms with Gasteiger partial charge in [0, 0.05) is 7.11 Å². The molecule has 0 bridgehead atoms. The number of rotatable bonds is 9. The zero-order chi connectivity index (χ0) is 18.2. The maximum absolute atomic E-state index is 12.2. The fourth-order valence-corrected chi connectivity index (χ4v) is 1.52. The van der Waals surface area contributed by atoms with Crippen LogP contribution in [0.4, 0.5) is 13.2 Å². The first-order chi connectivity index (χ1) is 11.2. The summed E-state index contributed by atoms with van der Waals surface area (Å²) in [6.45, 7) is -2.30. The van der Waals surface area contributed by atoms with E-state index < -0.39 is 37.4 Å². The second-order valence-electron chi connectivity index (χ2n) is 4.51. The van der Waals surface area contributed by atoms with Crippen molar-refractivity contribution in [3.05, 3.63) is 24.3 Å². The number of hydrogen-bond acceptors (Lipinski definition) is 5. The molecule has 0 aliphatic heterocycles. The van der Waals surface area contributed by atoms with Gasteiger partial charge in [0.15, 0.2) is 30.8 Å². The topological polar surface area (TPSA) is 94.1 Å². The molecule has 7 nitrogen and oxygen atoms in total. The molecule has 0 saturated heterocycles. The third-order valence-corrected chi connectivity index (χ3v) is 2.64. The summed E-state index contributed by atoms with van der Waals surface area (Å²) in [6, 6.07) is 5.56. The Morgan fingerprint density at radius 1 is 1.21 bits per heavy atom. The third kappa shape index (κ3) is 7.18. The minimum atomic E-state index is -4.50. The lowest BCUT2D eigenvalue weighted by Gasteiger charge is -2.14. The van der Waals surface area contributed by atoms with Crippen LogP contribution in [0.1, 0.15) is 0 Å². The van der Waals surface area contributed by atoms with Crippen LogP contribution in [0.5, 0.6) is 11.5 Å². The van der Waals surface area contributed by atoms with Crippen molar-refractivity contribution in [2.24, 2.45) is 0 Å². The summed E-state index contributed by atoms with van der Waals surface area (Å²) in [5.41, 5.74) is 0. The van der Waals surface area contributed by atoms with E-state index in [-0.39, 0.29) is 18.0 Å². The molecule has 0 aliphatic rings. The first-order valence-corrected chi connectivity index (χ1v) is 6.66. The van der Waals surface area contributed by atoms with E-state index in [1.165, 1.54) is 31.4 Å². The van der Waals surface area contributed by atoms with Crippen molar-refractivity contribution in [2.45, 2.75) is 12.3 Å². The molecule has 1 atom stereocenters. The summed E-state index contributed by atoms with van der Waals surface area (Å²) < 4.78 is 50.8. The molecule has 0 saturated carbocycles. The van der Waals surface area contributed by atoms with Crippen LogP contribution < -0.4 is 14.8 Å². The molecule has 1 unspecified atom stereocenters. The number of aliphatic carboxylic acids is 1. The van der Waals surface area contributed by atoms with Crippen molar-refractivity contribution in [3.63, 3.8) is 0 Å². The Morgan fingerprint density at radius 2 is 1.79 bits per heavy atom. The van der Waals surface area contributed by atoms with Gasteiger partial charge in [-0.15, -0.1) is 0 Å². The minimum Gasteiger partial charge on any atom is -0.480 e. The van der Waals surface area contributed by atoms with Crippen LogP contribution in [0.2, 0.25) is 0 Å². The van der Waals surface area contributed by atoms with Crippen LogP contribution in [-0.2, 0) is 14.3 Å². The Balaban J connectivity index is 2.52. The Labute approximate surface area is 135 Å². The van der Waals surface area contributed by atoms with E-state index in [4.69, 9.17) is 9.84 Å².